The number of ether oxygens (including phenoxy) is 1. The number of carbonyl (C=O) groups excluding carboxylic acids is 3. The van der Waals surface area contributed by atoms with Gasteiger partial charge in [0.25, 0.3) is 12.1 Å². The van der Waals surface area contributed by atoms with E-state index in [0.29, 0.717) is 43.7 Å². The molecule has 1 saturated heterocycles. The van der Waals surface area contributed by atoms with Crippen molar-refractivity contribution in [1.82, 2.24) is 24.4 Å². The zero-order valence-corrected chi connectivity index (χ0v) is 22.7. The van der Waals surface area contributed by atoms with Gasteiger partial charge < -0.3 is 19.9 Å². The number of aldehydes is 1. The Morgan fingerprint density at radius 3 is 2.41 bits per heavy atom. The number of nitrogens with one attached hydrogen (secondary N) is 1. The molecule has 1 aromatic carbocycles. The van der Waals surface area contributed by atoms with Crippen molar-refractivity contribution < 1.29 is 32.4 Å². The van der Waals surface area contributed by atoms with Crippen molar-refractivity contribution >= 4 is 29.7 Å². The molecule has 1 aliphatic heterocycles. The van der Waals surface area contributed by atoms with Crippen molar-refractivity contribution in [2.24, 2.45) is 0 Å². The molecule has 3 aromatic heterocycles. The molecule has 0 aliphatic carbocycles. The topological polar surface area (TPSA) is 118 Å². The highest BCUT2D eigenvalue weighted by atomic mass is 19.3. The van der Waals surface area contributed by atoms with Gasteiger partial charge in [-0.3, -0.25) is 9.59 Å². The summed E-state index contributed by atoms with van der Waals surface area (Å²) in [4.78, 5) is 40.3. The van der Waals surface area contributed by atoms with Crippen LogP contribution in [0.4, 0.5) is 25.0 Å². The molecule has 12 nitrogen and oxygen atoms in total. The Morgan fingerprint density at radius 2 is 1.78 bits per heavy atom. The maximum Gasteiger partial charge on any atom is 0.410 e. The number of benzene rings is 1. The van der Waals surface area contributed by atoms with Gasteiger partial charge in [0.15, 0.2) is 5.69 Å². The molecule has 214 valence electrons. The highest BCUT2D eigenvalue weighted by Crippen LogP contribution is 2.27. The SMILES string of the molecule is CC(C)(C)OC(=O)N1CCN(c2ccn3ncc(C(=O)Nc4cn(-c5ccc(C=O)cc5)nc4C(F)F)[n+]3c2)CC1. The predicted octanol–water partition coefficient (Wildman–Crippen LogP) is 3.17. The third-order valence-electron chi connectivity index (χ3n) is 6.42. The molecule has 0 bridgehead atoms. The quantitative estimate of drug-likeness (QED) is 0.281. The zero-order chi connectivity index (χ0) is 29.3. The molecule has 14 heteroatoms. The first-order valence-electron chi connectivity index (χ1n) is 12.9. The number of piperazine rings is 1. The van der Waals surface area contributed by atoms with Crippen LogP contribution in [0.2, 0.25) is 0 Å². The molecule has 1 aliphatic rings. The van der Waals surface area contributed by atoms with E-state index in [0.717, 1.165) is 5.69 Å². The van der Waals surface area contributed by atoms with Crippen molar-refractivity contribution in [2.75, 3.05) is 36.4 Å². The third-order valence-corrected chi connectivity index (χ3v) is 6.42. The summed E-state index contributed by atoms with van der Waals surface area (Å²) in [6, 6.07) is 8.04. The van der Waals surface area contributed by atoms with E-state index in [4.69, 9.17) is 4.74 Å². The fourth-order valence-electron chi connectivity index (χ4n) is 4.38. The smallest absolute Gasteiger partial charge is 0.410 e. The van der Waals surface area contributed by atoms with E-state index >= 15 is 0 Å². The molecule has 41 heavy (non-hydrogen) atoms. The third kappa shape index (κ3) is 6.00. The number of nitrogens with zero attached hydrogens (tertiary/aromatic N) is 7. The molecule has 0 saturated carbocycles. The molecule has 5 rings (SSSR count). The number of halogens is 2. The molecule has 0 radical (unpaired) electrons. The first-order valence-corrected chi connectivity index (χ1v) is 12.9. The average Bonchev–Trinajstić information content (AvgIpc) is 3.56. The molecule has 2 amide bonds. The van der Waals surface area contributed by atoms with Crippen molar-refractivity contribution in [2.45, 2.75) is 32.8 Å². The van der Waals surface area contributed by atoms with Gasteiger partial charge in [0.2, 0.25) is 6.20 Å². The summed E-state index contributed by atoms with van der Waals surface area (Å²) in [5.41, 5.74) is 0.453. The lowest BCUT2D eigenvalue weighted by Gasteiger charge is -2.36. The van der Waals surface area contributed by atoms with Crippen molar-refractivity contribution in [3.05, 3.63) is 72.1 Å². The molecular formula is C27H29F2N8O4+. The minimum Gasteiger partial charge on any atom is -0.444 e. The monoisotopic (exact) mass is 567 g/mol. The summed E-state index contributed by atoms with van der Waals surface area (Å²) >= 11 is 0. The lowest BCUT2D eigenvalue weighted by atomic mass is 10.2. The van der Waals surface area contributed by atoms with Gasteiger partial charge in [-0.05, 0) is 55.7 Å². The molecule has 0 atom stereocenters. The van der Waals surface area contributed by atoms with Crippen molar-refractivity contribution in [3.63, 3.8) is 0 Å². The minimum atomic E-state index is -2.94. The summed E-state index contributed by atoms with van der Waals surface area (Å²) in [6.07, 6.45) is 3.40. The first-order chi connectivity index (χ1) is 19.5. The van der Waals surface area contributed by atoms with Gasteiger partial charge in [0.05, 0.1) is 29.5 Å². The van der Waals surface area contributed by atoms with Crippen LogP contribution in [0.25, 0.3) is 5.69 Å². The van der Waals surface area contributed by atoms with E-state index in [1.165, 1.54) is 38.4 Å². The second kappa shape index (κ2) is 10.9. The Kier molecular flexibility index (Phi) is 7.39. The first kappa shape index (κ1) is 27.7. The number of rotatable bonds is 6. The average molecular weight is 568 g/mol. The second-order valence-corrected chi connectivity index (χ2v) is 10.5. The Bertz CT molecular complexity index is 1590. The molecule has 4 aromatic rings. The van der Waals surface area contributed by atoms with Crippen LogP contribution in [0.5, 0.6) is 0 Å². The second-order valence-electron chi connectivity index (χ2n) is 10.5. The van der Waals surface area contributed by atoms with Gasteiger partial charge in [-0.25, -0.2) is 18.3 Å². The van der Waals surface area contributed by atoms with Crippen LogP contribution in [0, 0.1) is 0 Å². The summed E-state index contributed by atoms with van der Waals surface area (Å²) in [5.74, 6) is -0.658. The van der Waals surface area contributed by atoms with Gasteiger partial charge in [-0.2, -0.15) is 5.10 Å². The van der Waals surface area contributed by atoms with Gasteiger partial charge in [0, 0.05) is 36.8 Å². The maximum absolute atomic E-state index is 13.8. The number of amides is 2. The molecule has 1 N–H and O–H groups in total. The largest absolute Gasteiger partial charge is 0.444 e. The molecule has 1 fully saturated rings. The van der Waals surface area contributed by atoms with Gasteiger partial charge in [-0.1, -0.05) is 0 Å². The van der Waals surface area contributed by atoms with E-state index < -0.39 is 23.6 Å². The highest BCUT2D eigenvalue weighted by Gasteiger charge is 2.28. The Balaban J connectivity index is 1.33. The Labute approximate surface area is 233 Å². The van der Waals surface area contributed by atoms with E-state index in [1.54, 1.807) is 29.4 Å². The Morgan fingerprint density at radius 1 is 1.07 bits per heavy atom. The van der Waals surface area contributed by atoms with E-state index in [-0.39, 0.29) is 17.5 Å². The molecule has 0 unspecified atom stereocenters. The highest BCUT2D eigenvalue weighted by molar-refractivity contribution is 6.02. The summed E-state index contributed by atoms with van der Waals surface area (Å²) in [7, 11) is 0. The number of alkyl halides is 2. The van der Waals surface area contributed by atoms with Crippen molar-refractivity contribution in [3.8, 4) is 5.69 Å². The summed E-state index contributed by atoms with van der Waals surface area (Å²) < 4.78 is 37.2. The molecule has 4 heterocycles. The van der Waals surface area contributed by atoms with Gasteiger partial charge in [-0.15, -0.1) is 4.52 Å². The maximum atomic E-state index is 13.8. The van der Waals surface area contributed by atoms with Crippen LogP contribution in [0.3, 0.4) is 0 Å². The lowest BCUT2D eigenvalue weighted by molar-refractivity contribution is -0.624. The Hall–Kier alpha value is -4.88. The molecular weight excluding hydrogens is 538 g/mol. The number of anilines is 2. The number of aromatic nitrogens is 5. The minimum absolute atomic E-state index is 0.113. The van der Waals surface area contributed by atoms with Crippen LogP contribution < -0.4 is 14.7 Å². The standard InChI is InChI=1S/C27H28F2N8O4/c1-27(2,3)41-26(40)34-12-10-33(11-13-34)20-8-9-37-30-14-22(36(37)15-20)25(39)31-21-16-35(32-23(21)24(28)29)19-6-4-18(17-38)5-7-19/h4-9,14-17,24H,10-13H2,1-3H3/p+1. The van der Waals surface area contributed by atoms with Crippen LogP contribution in [-0.2, 0) is 4.74 Å². The number of hydrogen-bond acceptors (Lipinski definition) is 7. The zero-order valence-electron chi connectivity index (χ0n) is 22.7. The number of hydrogen-bond donors (Lipinski definition) is 1. The van der Waals surface area contributed by atoms with Crippen LogP contribution >= 0.6 is 0 Å². The van der Waals surface area contributed by atoms with E-state index in [2.05, 4.69) is 20.4 Å². The van der Waals surface area contributed by atoms with Crippen LogP contribution in [-0.4, -0.2) is 74.5 Å². The predicted molar refractivity (Wildman–Crippen MR) is 143 cm³/mol. The van der Waals surface area contributed by atoms with Crippen LogP contribution in [0.15, 0.2) is 55.1 Å². The fraction of sp³-hybridized carbons (Fsp3) is 0.333. The van der Waals surface area contributed by atoms with Gasteiger partial charge in [0.1, 0.15) is 18.1 Å². The number of fused-ring (bicyclic) bond motifs is 1. The number of carbonyl (C=O) groups is 3. The van der Waals surface area contributed by atoms with E-state index in [1.807, 2.05) is 26.8 Å². The van der Waals surface area contributed by atoms with Gasteiger partial charge >= 0.3 is 12.0 Å². The van der Waals surface area contributed by atoms with Crippen LogP contribution in [0.1, 0.15) is 53.7 Å². The lowest BCUT2D eigenvalue weighted by Crippen LogP contribution is -2.50. The summed E-state index contributed by atoms with van der Waals surface area (Å²) in [6.45, 7) is 7.50. The van der Waals surface area contributed by atoms with Crippen molar-refractivity contribution in [1.29, 1.82) is 0 Å². The van der Waals surface area contributed by atoms with E-state index in [9.17, 15) is 23.2 Å². The fourth-order valence-corrected chi connectivity index (χ4v) is 4.38. The summed E-state index contributed by atoms with van der Waals surface area (Å²) in [5, 5.41) is 10.7. The molecule has 0 spiro atoms. The normalized spacial score (nSPS) is 14.0.